The van der Waals surface area contributed by atoms with Crippen molar-refractivity contribution in [3.05, 3.63) is 47.7 Å². The Morgan fingerprint density at radius 3 is 2.75 bits per heavy atom. The average Bonchev–Trinajstić information content (AvgIpc) is 2.53. The first-order valence-corrected chi connectivity index (χ1v) is 7.54. The van der Waals surface area contributed by atoms with Gasteiger partial charge in [0.25, 0.3) is 0 Å². The number of hydrogen-bond acceptors (Lipinski definition) is 4. The van der Waals surface area contributed by atoms with Gasteiger partial charge in [0.15, 0.2) is 0 Å². The van der Waals surface area contributed by atoms with Gasteiger partial charge in [0.2, 0.25) is 0 Å². The first-order chi connectivity index (χ1) is 11.2. The molecule has 1 aliphatic carbocycles. The van der Waals surface area contributed by atoms with Crippen molar-refractivity contribution in [2.24, 2.45) is 5.92 Å². The van der Waals surface area contributed by atoms with Crippen LogP contribution in [0.1, 0.15) is 35.2 Å². The number of benzene rings is 1. The van der Waals surface area contributed by atoms with E-state index in [1.807, 2.05) is 0 Å². The molecule has 0 amide bonds. The number of carboxylic acids is 1. The van der Waals surface area contributed by atoms with Crippen LogP contribution >= 0.6 is 0 Å². The van der Waals surface area contributed by atoms with E-state index in [2.05, 4.69) is 11.1 Å². The molecule has 0 unspecified atom stereocenters. The van der Waals surface area contributed by atoms with Crippen molar-refractivity contribution < 1.29 is 14.6 Å². The number of ether oxygens (including phenoxy) is 1. The normalized spacial score (nSPS) is 13.3. The van der Waals surface area contributed by atoms with Gasteiger partial charge in [-0.3, -0.25) is 4.98 Å². The molecule has 24 heavy (non-hydrogen) atoms. The second-order valence-electron chi connectivity index (χ2n) is 5.67. The molecular formula is C18H17N2NaO3. The van der Waals surface area contributed by atoms with Crippen LogP contribution in [0.3, 0.4) is 0 Å². The van der Waals surface area contributed by atoms with E-state index in [4.69, 9.17) is 9.84 Å². The first kappa shape index (κ1) is 18.5. The number of nitrogens with zero attached hydrogens (tertiary/aromatic N) is 2. The Hall–Kier alpha value is -1.87. The van der Waals surface area contributed by atoms with Crippen LogP contribution in [-0.4, -0.2) is 52.2 Å². The molecule has 0 bridgehead atoms. The van der Waals surface area contributed by atoms with Crippen LogP contribution in [0.2, 0.25) is 0 Å². The predicted molar refractivity (Wildman–Crippen MR) is 91.3 cm³/mol. The average molecular weight is 332 g/mol. The number of hydrogen-bond donors (Lipinski definition) is 1. The summed E-state index contributed by atoms with van der Waals surface area (Å²) in [7, 11) is 0. The Bertz CT molecular complexity index is 782. The fourth-order valence-corrected chi connectivity index (χ4v) is 2.49. The van der Waals surface area contributed by atoms with Gasteiger partial charge >= 0.3 is 35.5 Å². The van der Waals surface area contributed by atoms with Gasteiger partial charge in [-0.15, -0.1) is 0 Å². The van der Waals surface area contributed by atoms with Gasteiger partial charge in [0.05, 0.1) is 23.4 Å². The molecule has 1 fully saturated rings. The molecule has 0 atom stereocenters. The second kappa shape index (κ2) is 8.29. The summed E-state index contributed by atoms with van der Waals surface area (Å²) in [5.41, 5.74) is 1.82. The van der Waals surface area contributed by atoms with E-state index >= 15 is 0 Å². The molecule has 1 aliphatic rings. The van der Waals surface area contributed by atoms with Crippen molar-refractivity contribution >= 4 is 35.5 Å². The molecule has 118 valence electrons. The van der Waals surface area contributed by atoms with E-state index in [9.17, 15) is 10.1 Å². The molecule has 3 rings (SSSR count). The van der Waals surface area contributed by atoms with Crippen LogP contribution in [0.4, 0.5) is 0 Å². The van der Waals surface area contributed by atoms with E-state index in [1.165, 1.54) is 37.6 Å². The first-order valence-electron chi connectivity index (χ1n) is 7.54. The maximum absolute atomic E-state index is 11.0. The molecule has 6 heteroatoms. The van der Waals surface area contributed by atoms with Gasteiger partial charge in [-0.1, -0.05) is 6.42 Å². The van der Waals surface area contributed by atoms with E-state index in [0.29, 0.717) is 35.1 Å². The van der Waals surface area contributed by atoms with Crippen molar-refractivity contribution in [3.63, 3.8) is 0 Å². The Kier molecular flexibility index (Phi) is 6.38. The number of rotatable bonds is 5. The van der Waals surface area contributed by atoms with E-state index in [0.717, 1.165) is 0 Å². The summed E-state index contributed by atoms with van der Waals surface area (Å²) in [5, 5.41) is 18.4. The number of aromatic carboxylic acids is 1. The molecule has 0 spiro atoms. The molecule has 0 radical (unpaired) electrons. The van der Waals surface area contributed by atoms with Crippen molar-refractivity contribution in [3.8, 4) is 23.1 Å². The van der Waals surface area contributed by atoms with Gasteiger partial charge in [0, 0.05) is 11.8 Å². The Morgan fingerprint density at radius 1 is 1.33 bits per heavy atom. The summed E-state index contributed by atoms with van der Waals surface area (Å²) in [6, 6.07) is 10.3. The maximum atomic E-state index is 11.0. The molecular weight excluding hydrogens is 315 g/mol. The van der Waals surface area contributed by atoms with Crippen LogP contribution in [-0.2, 0) is 0 Å². The third-order valence-electron chi connectivity index (χ3n) is 4.10. The van der Waals surface area contributed by atoms with Crippen LogP contribution in [0.5, 0.6) is 5.75 Å². The molecule has 1 saturated carbocycles. The molecule has 0 aliphatic heterocycles. The molecule has 2 aromatic rings. The summed E-state index contributed by atoms with van der Waals surface area (Å²) < 4.78 is 5.75. The molecule has 5 nitrogen and oxygen atoms in total. The standard InChI is InChI=1S/C18H16N2O3.Na.H/c19-10-15-8-13(16-9-14(18(21)22)6-7-20-16)4-5-17(15)23-11-12-2-1-3-12;;/h4-9,12H,1-3,11H2,(H,21,22);;. The fraction of sp³-hybridized carbons (Fsp3) is 0.278. The third kappa shape index (κ3) is 4.15. The fourth-order valence-electron chi connectivity index (χ4n) is 2.49. The Labute approximate surface area is 162 Å². The van der Waals surface area contributed by atoms with Crippen molar-refractivity contribution in [2.45, 2.75) is 19.3 Å². The monoisotopic (exact) mass is 332 g/mol. The van der Waals surface area contributed by atoms with Gasteiger partial charge in [-0.2, -0.15) is 5.26 Å². The zero-order valence-electron chi connectivity index (χ0n) is 12.5. The van der Waals surface area contributed by atoms with E-state index in [-0.39, 0.29) is 35.1 Å². The van der Waals surface area contributed by atoms with Crippen LogP contribution < -0.4 is 4.74 Å². The number of carboxylic acid groups (broad SMARTS) is 1. The minimum absolute atomic E-state index is 0. The molecule has 0 saturated heterocycles. The summed E-state index contributed by atoms with van der Waals surface area (Å²) >= 11 is 0. The Balaban J connectivity index is 0.00000208. The SMILES string of the molecule is N#Cc1cc(-c2cc(C(=O)O)ccn2)ccc1OCC1CCC1.[NaH]. The van der Waals surface area contributed by atoms with Gasteiger partial charge in [-0.25, -0.2) is 4.79 Å². The van der Waals surface area contributed by atoms with Crippen molar-refractivity contribution in [2.75, 3.05) is 6.61 Å². The second-order valence-corrected chi connectivity index (χ2v) is 5.67. The van der Waals surface area contributed by atoms with Crippen molar-refractivity contribution in [1.82, 2.24) is 4.98 Å². The van der Waals surface area contributed by atoms with Crippen molar-refractivity contribution in [1.29, 1.82) is 5.26 Å². The summed E-state index contributed by atoms with van der Waals surface area (Å²) in [6.07, 6.45) is 5.08. The number of pyridine rings is 1. The quantitative estimate of drug-likeness (QED) is 0.851. The van der Waals surface area contributed by atoms with Gasteiger partial charge < -0.3 is 9.84 Å². The van der Waals surface area contributed by atoms with E-state index in [1.54, 1.807) is 18.2 Å². The summed E-state index contributed by atoms with van der Waals surface area (Å²) in [5.74, 6) is 0.155. The topological polar surface area (TPSA) is 83.2 Å². The third-order valence-corrected chi connectivity index (χ3v) is 4.10. The van der Waals surface area contributed by atoms with Crippen LogP contribution in [0.15, 0.2) is 36.5 Å². The van der Waals surface area contributed by atoms with Crippen LogP contribution in [0, 0.1) is 17.2 Å². The van der Waals surface area contributed by atoms with Gasteiger partial charge in [-0.05, 0) is 49.1 Å². The predicted octanol–water partition coefficient (Wildman–Crippen LogP) is 2.85. The zero-order chi connectivity index (χ0) is 16.2. The molecule has 1 aromatic carbocycles. The number of aromatic nitrogens is 1. The number of carbonyl (C=O) groups is 1. The summed E-state index contributed by atoms with van der Waals surface area (Å²) in [6.45, 7) is 0.640. The molecule has 1 N–H and O–H groups in total. The van der Waals surface area contributed by atoms with Crippen LogP contribution in [0.25, 0.3) is 11.3 Å². The number of nitriles is 1. The zero-order valence-corrected chi connectivity index (χ0v) is 12.5. The molecule has 1 aromatic heterocycles. The van der Waals surface area contributed by atoms with E-state index < -0.39 is 5.97 Å². The minimum atomic E-state index is -1.00. The molecule has 1 heterocycles. The summed E-state index contributed by atoms with van der Waals surface area (Å²) in [4.78, 5) is 15.2. The van der Waals surface area contributed by atoms with Gasteiger partial charge in [0.1, 0.15) is 11.8 Å². The Morgan fingerprint density at radius 2 is 2.12 bits per heavy atom.